The summed E-state index contributed by atoms with van der Waals surface area (Å²) in [6, 6.07) is 15.5. The molecule has 46 heavy (non-hydrogen) atoms. The second kappa shape index (κ2) is 12.7. The molecule has 1 atom stereocenters. The van der Waals surface area contributed by atoms with E-state index in [0.29, 0.717) is 47.3 Å². The molecule has 0 bridgehead atoms. The molecule has 1 fully saturated rings. The summed E-state index contributed by atoms with van der Waals surface area (Å²) >= 11 is 7.07. The van der Waals surface area contributed by atoms with Crippen LogP contribution in [0.25, 0.3) is 33.3 Å². The molecule has 236 valence electrons. The van der Waals surface area contributed by atoms with Crippen LogP contribution >= 0.6 is 11.6 Å². The minimum atomic E-state index is -0.466. The number of carbonyl (C=O) groups is 1. The van der Waals surface area contributed by atoms with Crippen molar-refractivity contribution < 1.29 is 9.53 Å². The van der Waals surface area contributed by atoms with Crippen molar-refractivity contribution in [2.24, 2.45) is 14.1 Å². The number of rotatable bonds is 9. The molecule has 2 aromatic carbocycles. The van der Waals surface area contributed by atoms with Gasteiger partial charge in [0, 0.05) is 62.0 Å². The third-order valence-electron chi connectivity index (χ3n) is 8.36. The molecule has 3 aromatic heterocycles. The highest BCUT2D eigenvalue weighted by Crippen LogP contribution is 2.39. The van der Waals surface area contributed by atoms with Crippen LogP contribution in [0.15, 0.2) is 64.3 Å². The number of hydrogen-bond acceptors (Lipinski definition) is 9. The highest BCUT2D eigenvalue weighted by Gasteiger charge is 2.21. The Morgan fingerprint density at radius 1 is 1.02 bits per heavy atom. The van der Waals surface area contributed by atoms with Crippen molar-refractivity contribution in [1.29, 1.82) is 0 Å². The van der Waals surface area contributed by atoms with E-state index in [1.165, 1.54) is 17.8 Å². The molecule has 5 aromatic rings. The summed E-state index contributed by atoms with van der Waals surface area (Å²) in [5.41, 5.74) is 5.00. The zero-order valence-electron chi connectivity index (χ0n) is 25.8. The number of nitrogens with one attached hydrogen (secondary N) is 3. The number of nitrogens with zero attached hydrogens (tertiary/aromatic N) is 5. The lowest BCUT2D eigenvalue weighted by Gasteiger charge is -2.17. The molecule has 4 heterocycles. The number of fused-ring (bicyclic) bond motifs is 1. The summed E-state index contributed by atoms with van der Waals surface area (Å²) in [5, 5.41) is 18.6. The van der Waals surface area contributed by atoms with Crippen LogP contribution in [0.4, 0.5) is 11.5 Å². The molecule has 6 rings (SSSR count). The van der Waals surface area contributed by atoms with Crippen molar-refractivity contribution in [3.05, 3.63) is 91.7 Å². The van der Waals surface area contributed by atoms with Crippen molar-refractivity contribution in [1.82, 2.24) is 34.9 Å². The number of aryl methyl sites for hydroxylation is 1. The van der Waals surface area contributed by atoms with Gasteiger partial charge < -0.3 is 20.7 Å². The molecular formula is C33H33ClN8O4. The maximum atomic E-state index is 13.1. The first-order valence-corrected chi connectivity index (χ1v) is 15.2. The highest BCUT2D eigenvalue weighted by molar-refractivity contribution is 6.36. The lowest BCUT2D eigenvalue weighted by Crippen LogP contribution is -2.37. The van der Waals surface area contributed by atoms with Gasteiger partial charge in [-0.15, -0.1) is 5.10 Å². The zero-order chi connectivity index (χ0) is 32.5. The van der Waals surface area contributed by atoms with E-state index >= 15 is 0 Å². The van der Waals surface area contributed by atoms with E-state index < -0.39 is 11.2 Å². The molecule has 1 aliphatic rings. The van der Waals surface area contributed by atoms with Gasteiger partial charge in [0.05, 0.1) is 29.5 Å². The molecule has 3 N–H and O–H groups in total. The Labute approximate surface area is 269 Å². The SMILES string of the molecule is COc1nc(-c2cccc(-c3cccc(Nc4nncc5c4c(=O)n(C)c(=O)n5C)c3C)c2Cl)ccc1CNC[C@H]1CCC(=O)N1. The van der Waals surface area contributed by atoms with Gasteiger partial charge >= 0.3 is 5.69 Å². The smallest absolute Gasteiger partial charge is 0.330 e. The Bertz CT molecular complexity index is 2110. The van der Waals surface area contributed by atoms with Crippen LogP contribution in [0, 0.1) is 6.92 Å². The fourth-order valence-electron chi connectivity index (χ4n) is 5.78. The summed E-state index contributed by atoms with van der Waals surface area (Å²) in [6.45, 7) is 3.16. The first-order chi connectivity index (χ1) is 22.2. The molecule has 0 radical (unpaired) electrons. The number of aromatic nitrogens is 5. The van der Waals surface area contributed by atoms with Gasteiger partial charge in [-0.1, -0.05) is 48.0 Å². The third kappa shape index (κ3) is 5.72. The molecule has 1 aliphatic heterocycles. The zero-order valence-corrected chi connectivity index (χ0v) is 26.6. The number of anilines is 2. The lowest BCUT2D eigenvalue weighted by molar-refractivity contribution is -0.119. The van der Waals surface area contributed by atoms with Gasteiger partial charge in [0.1, 0.15) is 5.39 Å². The minimum absolute atomic E-state index is 0.0908. The van der Waals surface area contributed by atoms with Crippen LogP contribution in [-0.2, 0) is 25.4 Å². The van der Waals surface area contributed by atoms with Gasteiger partial charge in [-0.05, 0) is 36.6 Å². The minimum Gasteiger partial charge on any atom is -0.481 e. The molecule has 0 unspecified atom stereocenters. The Morgan fingerprint density at radius 2 is 1.78 bits per heavy atom. The third-order valence-corrected chi connectivity index (χ3v) is 8.77. The Kier molecular flexibility index (Phi) is 8.57. The van der Waals surface area contributed by atoms with Crippen LogP contribution in [0.5, 0.6) is 5.88 Å². The number of halogens is 1. The van der Waals surface area contributed by atoms with Crippen molar-refractivity contribution in [3.63, 3.8) is 0 Å². The Hall–Kier alpha value is -5.07. The van der Waals surface area contributed by atoms with Gasteiger partial charge in [-0.2, -0.15) is 5.10 Å². The largest absolute Gasteiger partial charge is 0.481 e. The Balaban J connectivity index is 1.30. The summed E-state index contributed by atoms with van der Waals surface area (Å²) < 4.78 is 8.05. The lowest BCUT2D eigenvalue weighted by atomic mass is 9.96. The number of benzene rings is 2. The van der Waals surface area contributed by atoms with E-state index in [4.69, 9.17) is 21.3 Å². The maximum Gasteiger partial charge on any atom is 0.330 e. The first-order valence-electron chi connectivity index (χ1n) is 14.8. The van der Waals surface area contributed by atoms with Gasteiger partial charge in [0.25, 0.3) is 5.56 Å². The van der Waals surface area contributed by atoms with Gasteiger partial charge in [0.15, 0.2) is 5.82 Å². The molecule has 13 heteroatoms. The van der Waals surface area contributed by atoms with Crippen molar-refractivity contribution in [3.8, 4) is 28.3 Å². The van der Waals surface area contributed by atoms with E-state index in [-0.39, 0.29) is 23.2 Å². The van der Waals surface area contributed by atoms with Crippen molar-refractivity contribution >= 4 is 39.9 Å². The van der Waals surface area contributed by atoms with Gasteiger partial charge in [0.2, 0.25) is 11.8 Å². The number of methoxy groups -OCH3 is 1. The molecule has 1 saturated heterocycles. The summed E-state index contributed by atoms with van der Waals surface area (Å²) in [4.78, 5) is 41.8. The number of ether oxygens (including phenoxy) is 1. The number of carbonyl (C=O) groups excluding carboxylic acids is 1. The summed E-state index contributed by atoms with van der Waals surface area (Å²) in [6.07, 6.45) is 2.79. The fourth-order valence-corrected chi connectivity index (χ4v) is 6.11. The van der Waals surface area contributed by atoms with Crippen LogP contribution in [-0.4, -0.2) is 49.9 Å². The van der Waals surface area contributed by atoms with Crippen LogP contribution in [0.1, 0.15) is 24.0 Å². The second-order valence-electron chi connectivity index (χ2n) is 11.2. The standard InChI is InChI=1S/C33H33ClN8O4/c1-18-21(7-6-10-24(18)38-30-28-26(17-36-40-30)41(2)33(45)42(3)32(28)44)22-8-5-9-23(29(22)34)25-13-11-19(31(39-25)46-4)15-35-16-20-12-14-27(43)37-20/h5-11,13,17,20,35H,12,14-16H2,1-4H3,(H,37,43)(H,38,40)/t20-/m1/s1. The first kappa shape index (κ1) is 30.9. The Morgan fingerprint density at radius 3 is 2.54 bits per heavy atom. The van der Waals surface area contributed by atoms with Crippen LogP contribution in [0.2, 0.25) is 5.02 Å². The molecule has 0 saturated carbocycles. The number of pyridine rings is 1. The van der Waals surface area contributed by atoms with Gasteiger partial charge in [-0.3, -0.25) is 18.7 Å². The fraction of sp³-hybridized carbons (Fsp3) is 0.273. The molecule has 12 nitrogen and oxygen atoms in total. The van der Waals surface area contributed by atoms with Crippen LogP contribution in [0.3, 0.4) is 0 Å². The highest BCUT2D eigenvalue weighted by atomic mass is 35.5. The van der Waals surface area contributed by atoms with E-state index in [0.717, 1.165) is 38.8 Å². The quantitative estimate of drug-likeness (QED) is 0.219. The summed E-state index contributed by atoms with van der Waals surface area (Å²) in [7, 11) is 4.61. The predicted molar refractivity (Wildman–Crippen MR) is 178 cm³/mol. The van der Waals surface area contributed by atoms with Gasteiger partial charge in [-0.25, -0.2) is 9.78 Å². The molecule has 0 spiro atoms. The topological polar surface area (TPSA) is 145 Å². The summed E-state index contributed by atoms with van der Waals surface area (Å²) in [5.74, 6) is 0.824. The van der Waals surface area contributed by atoms with E-state index in [9.17, 15) is 14.4 Å². The predicted octanol–water partition coefficient (Wildman–Crippen LogP) is 3.84. The van der Waals surface area contributed by atoms with E-state index in [1.807, 2.05) is 55.5 Å². The van der Waals surface area contributed by atoms with Crippen molar-refractivity contribution in [2.45, 2.75) is 32.4 Å². The monoisotopic (exact) mass is 640 g/mol. The number of hydrogen-bond donors (Lipinski definition) is 3. The van der Waals surface area contributed by atoms with E-state index in [2.05, 4.69) is 26.1 Å². The molecule has 0 aliphatic carbocycles. The number of amides is 1. The van der Waals surface area contributed by atoms with Crippen LogP contribution < -0.4 is 31.9 Å². The van der Waals surface area contributed by atoms with Crippen molar-refractivity contribution in [2.75, 3.05) is 19.0 Å². The second-order valence-corrected chi connectivity index (χ2v) is 11.6. The average Bonchev–Trinajstić information content (AvgIpc) is 3.48. The average molecular weight is 641 g/mol. The maximum absolute atomic E-state index is 13.1. The normalized spacial score (nSPS) is 14.5. The van der Waals surface area contributed by atoms with E-state index in [1.54, 1.807) is 14.2 Å². The molecular weight excluding hydrogens is 608 g/mol. The molecule has 1 amide bonds.